The van der Waals surface area contributed by atoms with Gasteiger partial charge >= 0.3 is 5.97 Å². The van der Waals surface area contributed by atoms with Crippen molar-refractivity contribution >= 4 is 5.97 Å². The van der Waals surface area contributed by atoms with Crippen LogP contribution in [0.4, 0.5) is 0 Å². The fraction of sp³-hybridized carbons (Fsp3) is 0.500. The highest BCUT2D eigenvalue weighted by molar-refractivity contribution is 5.69. The third-order valence-electron chi connectivity index (χ3n) is 2.33. The fourth-order valence-corrected chi connectivity index (χ4v) is 1.41. The molecule has 0 bridgehead atoms. The van der Waals surface area contributed by atoms with Gasteiger partial charge in [0.1, 0.15) is 0 Å². The molecule has 4 nitrogen and oxygen atoms in total. The van der Waals surface area contributed by atoms with Gasteiger partial charge in [0.15, 0.2) is 0 Å². The molecule has 1 heterocycles. The molecule has 0 aliphatic heterocycles. The molecule has 0 aliphatic carbocycles. The zero-order chi connectivity index (χ0) is 11.8. The number of nitrogens with one attached hydrogen (secondary N) is 1. The summed E-state index contributed by atoms with van der Waals surface area (Å²) in [5.74, 6) is -0.179. The van der Waals surface area contributed by atoms with Gasteiger partial charge in [-0.05, 0) is 31.5 Å². The molecule has 16 heavy (non-hydrogen) atoms. The minimum Gasteiger partial charge on any atom is -0.469 e. The van der Waals surface area contributed by atoms with Gasteiger partial charge in [0, 0.05) is 18.4 Å². The van der Waals surface area contributed by atoms with E-state index >= 15 is 0 Å². The Morgan fingerprint density at radius 1 is 1.62 bits per heavy atom. The van der Waals surface area contributed by atoms with E-state index < -0.39 is 0 Å². The number of nitrogens with zero attached hydrogens (tertiary/aromatic N) is 1. The first kappa shape index (κ1) is 12.6. The van der Waals surface area contributed by atoms with Crippen LogP contribution in [0.2, 0.25) is 0 Å². The number of aromatic nitrogens is 1. The van der Waals surface area contributed by atoms with E-state index in [2.05, 4.69) is 15.0 Å². The van der Waals surface area contributed by atoms with Crippen LogP contribution in [0.5, 0.6) is 0 Å². The van der Waals surface area contributed by atoms with Crippen LogP contribution in [0, 0.1) is 0 Å². The van der Waals surface area contributed by atoms with E-state index in [0.717, 1.165) is 13.0 Å². The summed E-state index contributed by atoms with van der Waals surface area (Å²) in [4.78, 5) is 15.0. The van der Waals surface area contributed by atoms with Crippen LogP contribution in [-0.4, -0.2) is 30.6 Å². The molecule has 1 aromatic rings. The molecule has 0 saturated carbocycles. The quantitative estimate of drug-likeness (QED) is 0.734. The lowest BCUT2D eigenvalue weighted by atomic mass is 10.2. The molecule has 88 valence electrons. The zero-order valence-corrected chi connectivity index (χ0v) is 9.77. The van der Waals surface area contributed by atoms with E-state index in [9.17, 15) is 4.79 Å². The van der Waals surface area contributed by atoms with Gasteiger partial charge < -0.3 is 10.1 Å². The Morgan fingerprint density at radius 3 is 3.06 bits per heavy atom. The summed E-state index contributed by atoms with van der Waals surface area (Å²) in [6.45, 7) is 2.81. The number of carbonyl (C=O) groups excluding carboxylic acids is 1. The molecule has 0 saturated heterocycles. The summed E-state index contributed by atoms with van der Waals surface area (Å²) in [5.41, 5.74) is 1.19. The number of methoxy groups -OCH3 is 1. The van der Waals surface area contributed by atoms with Gasteiger partial charge in [0.05, 0.1) is 13.5 Å². The number of rotatable bonds is 6. The standard InChI is InChI=1S/C12H18N2O2/c1-10(8-12(15)16-2)14-7-5-11-4-3-6-13-9-11/h3-4,6,9-10,14H,5,7-8H2,1-2H3. The largest absolute Gasteiger partial charge is 0.469 e. The van der Waals surface area contributed by atoms with Crippen molar-refractivity contribution in [2.24, 2.45) is 0 Å². The van der Waals surface area contributed by atoms with Crippen molar-refractivity contribution in [1.82, 2.24) is 10.3 Å². The summed E-state index contributed by atoms with van der Waals surface area (Å²) in [6.07, 6.45) is 4.94. The summed E-state index contributed by atoms with van der Waals surface area (Å²) in [7, 11) is 1.41. The van der Waals surface area contributed by atoms with E-state index in [1.165, 1.54) is 12.7 Å². The van der Waals surface area contributed by atoms with Gasteiger partial charge in [-0.2, -0.15) is 0 Å². The van der Waals surface area contributed by atoms with E-state index in [1.807, 2.05) is 25.3 Å². The molecule has 1 unspecified atom stereocenters. The van der Waals surface area contributed by atoms with Crippen molar-refractivity contribution in [3.63, 3.8) is 0 Å². The van der Waals surface area contributed by atoms with E-state index in [0.29, 0.717) is 6.42 Å². The highest BCUT2D eigenvalue weighted by Crippen LogP contribution is 1.97. The summed E-state index contributed by atoms with van der Waals surface area (Å²) >= 11 is 0. The number of hydrogen-bond donors (Lipinski definition) is 1. The molecule has 1 N–H and O–H groups in total. The predicted molar refractivity (Wildman–Crippen MR) is 62.0 cm³/mol. The van der Waals surface area contributed by atoms with E-state index in [-0.39, 0.29) is 12.0 Å². The van der Waals surface area contributed by atoms with Crippen LogP contribution in [-0.2, 0) is 16.0 Å². The van der Waals surface area contributed by atoms with Gasteiger partial charge in [-0.1, -0.05) is 6.07 Å². The maximum absolute atomic E-state index is 11.0. The van der Waals surface area contributed by atoms with E-state index in [4.69, 9.17) is 0 Å². The van der Waals surface area contributed by atoms with Gasteiger partial charge in [0.2, 0.25) is 0 Å². The molecule has 0 spiro atoms. The Bertz CT molecular complexity index is 314. The number of hydrogen-bond acceptors (Lipinski definition) is 4. The van der Waals surface area contributed by atoms with Gasteiger partial charge in [0.25, 0.3) is 0 Å². The molecule has 1 aromatic heterocycles. The van der Waals surface area contributed by atoms with Crippen LogP contribution in [0.1, 0.15) is 18.9 Å². The SMILES string of the molecule is COC(=O)CC(C)NCCc1cccnc1. The minimum atomic E-state index is -0.179. The third kappa shape index (κ3) is 4.89. The van der Waals surface area contributed by atoms with Gasteiger partial charge in [-0.25, -0.2) is 0 Å². The second-order valence-electron chi connectivity index (χ2n) is 3.75. The normalized spacial score (nSPS) is 12.1. The summed E-state index contributed by atoms with van der Waals surface area (Å²) in [6, 6.07) is 4.11. The van der Waals surface area contributed by atoms with Gasteiger partial charge in [-0.3, -0.25) is 9.78 Å². The first-order valence-electron chi connectivity index (χ1n) is 5.41. The maximum Gasteiger partial charge on any atom is 0.307 e. The average Bonchev–Trinajstić information content (AvgIpc) is 2.30. The Kier molecular flexibility index (Phi) is 5.50. The summed E-state index contributed by atoms with van der Waals surface area (Å²) in [5, 5.41) is 3.27. The molecule has 0 aliphatic rings. The molecule has 0 amide bonds. The molecule has 4 heteroatoms. The maximum atomic E-state index is 11.0. The van der Waals surface area contributed by atoms with Crippen LogP contribution in [0.25, 0.3) is 0 Å². The van der Waals surface area contributed by atoms with Crippen molar-refractivity contribution in [2.45, 2.75) is 25.8 Å². The van der Waals surface area contributed by atoms with Crippen LogP contribution >= 0.6 is 0 Å². The highest BCUT2D eigenvalue weighted by atomic mass is 16.5. The van der Waals surface area contributed by atoms with Crippen molar-refractivity contribution < 1.29 is 9.53 Å². The Hall–Kier alpha value is -1.42. The average molecular weight is 222 g/mol. The second kappa shape index (κ2) is 6.95. The zero-order valence-electron chi connectivity index (χ0n) is 9.77. The lowest BCUT2D eigenvalue weighted by Gasteiger charge is -2.12. The smallest absolute Gasteiger partial charge is 0.307 e. The highest BCUT2D eigenvalue weighted by Gasteiger charge is 2.07. The Balaban J connectivity index is 2.18. The Labute approximate surface area is 96.0 Å². The molecular formula is C12H18N2O2. The van der Waals surface area contributed by atoms with Crippen molar-refractivity contribution in [3.8, 4) is 0 Å². The molecular weight excluding hydrogens is 204 g/mol. The minimum absolute atomic E-state index is 0.143. The van der Waals surface area contributed by atoms with Crippen LogP contribution in [0.3, 0.4) is 0 Å². The number of pyridine rings is 1. The first-order chi connectivity index (χ1) is 7.72. The number of carbonyl (C=O) groups is 1. The van der Waals surface area contributed by atoms with E-state index in [1.54, 1.807) is 6.20 Å². The molecule has 0 fully saturated rings. The first-order valence-corrected chi connectivity index (χ1v) is 5.41. The van der Waals surface area contributed by atoms with Crippen LogP contribution < -0.4 is 5.32 Å². The topological polar surface area (TPSA) is 51.2 Å². The second-order valence-corrected chi connectivity index (χ2v) is 3.75. The van der Waals surface area contributed by atoms with Crippen LogP contribution in [0.15, 0.2) is 24.5 Å². The molecule has 0 aromatic carbocycles. The third-order valence-corrected chi connectivity index (χ3v) is 2.33. The number of esters is 1. The monoisotopic (exact) mass is 222 g/mol. The Morgan fingerprint density at radius 2 is 2.44 bits per heavy atom. The molecule has 1 atom stereocenters. The van der Waals surface area contributed by atoms with Gasteiger partial charge in [-0.15, -0.1) is 0 Å². The lowest BCUT2D eigenvalue weighted by Crippen LogP contribution is -2.30. The van der Waals surface area contributed by atoms with Crippen molar-refractivity contribution in [1.29, 1.82) is 0 Å². The van der Waals surface area contributed by atoms with Crippen molar-refractivity contribution in [2.75, 3.05) is 13.7 Å². The van der Waals surface area contributed by atoms with Crippen molar-refractivity contribution in [3.05, 3.63) is 30.1 Å². The predicted octanol–water partition coefficient (Wildman–Crippen LogP) is 1.17. The molecule has 1 rings (SSSR count). The fourth-order valence-electron chi connectivity index (χ4n) is 1.41. The summed E-state index contributed by atoms with van der Waals surface area (Å²) < 4.78 is 4.60. The molecule has 0 radical (unpaired) electrons. The lowest BCUT2D eigenvalue weighted by molar-refractivity contribution is -0.141. The number of ether oxygens (including phenoxy) is 1.